The fourth-order valence-corrected chi connectivity index (χ4v) is 3.42. The average molecular weight is 361 g/mol. The Morgan fingerprint density at radius 3 is 2.33 bits per heavy atom. The normalized spacial score (nSPS) is 12.6. The highest BCUT2D eigenvalue weighted by Gasteiger charge is 2.15. The standard InChI is InChI=1S/C18H15BrClN/c1-11-10-12(20)6-7-13(11)18(21)16-8-9-17(19)15-5-3-2-4-14(15)16/h2-10,18H,21H2,1H3. The van der Waals surface area contributed by atoms with Crippen molar-refractivity contribution in [3.8, 4) is 0 Å². The molecule has 0 aromatic heterocycles. The van der Waals surface area contributed by atoms with E-state index >= 15 is 0 Å². The van der Waals surface area contributed by atoms with Gasteiger partial charge in [0, 0.05) is 9.50 Å². The van der Waals surface area contributed by atoms with Crippen molar-refractivity contribution in [3.05, 3.63) is 80.8 Å². The number of rotatable bonds is 2. The smallest absolute Gasteiger partial charge is 0.0560 e. The number of nitrogens with two attached hydrogens (primary N) is 1. The molecule has 3 aromatic carbocycles. The molecular weight excluding hydrogens is 346 g/mol. The zero-order chi connectivity index (χ0) is 15.0. The van der Waals surface area contributed by atoms with E-state index in [0.29, 0.717) is 0 Å². The molecule has 0 fully saturated rings. The number of benzene rings is 3. The third-order valence-electron chi connectivity index (χ3n) is 3.81. The van der Waals surface area contributed by atoms with Crippen LogP contribution in [0.5, 0.6) is 0 Å². The first-order chi connectivity index (χ1) is 10.1. The summed E-state index contributed by atoms with van der Waals surface area (Å²) in [4.78, 5) is 0. The lowest BCUT2D eigenvalue weighted by molar-refractivity contribution is 0.870. The number of halogens is 2. The van der Waals surface area contributed by atoms with Gasteiger partial charge in [-0.1, -0.05) is 63.9 Å². The molecule has 2 N–H and O–H groups in total. The van der Waals surface area contributed by atoms with E-state index in [9.17, 15) is 0 Å². The van der Waals surface area contributed by atoms with Gasteiger partial charge in [0.15, 0.2) is 0 Å². The molecule has 0 aliphatic heterocycles. The predicted octanol–water partition coefficient (Wildman–Crippen LogP) is 5.61. The summed E-state index contributed by atoms with van der Waals surface area (Å²) in [5.74, 6) is 0. The van der Waals surface area contributed by atoms with Gasteiger partial charge in [0.2, 0.25) is 0 Å². The van der Waals surface area contributed by atoms with Gasteiger partial charge >= 0.3 is 0 Å². The number of aryl methyl sites for hydroxylation is 1. The highest BCUT2D eigenvalue weighted by atomic mass is 79.9. The highest BCUT2D eigenvalue weighted by Crippen LogP contribution is 2.33. The summed E-state index contributed by atoms with van der Waals surface area (Å²) in [6.45, 7) is 2.04. The van der Waals surface area contributed by atoms with E-state index in [4.69, 9.17) is 17.3 Å². The topological polar surface area (TPSA) is 26.0 Å². The van der Waals surface area contributed by atoms with Crippen LogP contribution in [0.3, 0.4) is 0 Å². The molecule has 0 radical (unpaired) electrons. The molecule has 0 bridgehead atoms. The summed E-state index contributed by atoms with van der Waals surface area (Å²) in [6, 6.07) is 18.1. The van der Waals surface area contributed by atoms with Crippen molar-refractivity contribution >= 4 is 38.3 Å². The zero-order valence-corrected chi connectivity index (χ0v) is 13.9. The first-order valence-corrected chi connectivity index (χ1v) is 7.94. The molecule has 0 saturated carbocycles. The minimum atomic E-state index is -0.166. The Bertz CT molecular complexity index is 813. The Labute approximate surface area is 137 Å². The molecule has 1 unspecified atom stereocenters. The molecule has 3 rings (SSSR count). The van der Waals surface area contributed by atoms with Gasteiger partial charge in [-0.2, -0.15) is 0 Å². The van der Waals surface area contributed by atoms with E-state index in [-0.39, 0.29) is 6.04 Å². The van der Waals surface area contributed by atoms with Gasteiger partial charge in [-0.3, -0.25) is 0 Å². The largest absolute Gasteiger partial charge is 0.320 e. The van der Waals surface area contributed by atoms with E-state index in [2.05, 4.69) is 40.2 Å². The quantitative estimate of drug-likeness (QED) is 0.631. The van der Waals surface area contributed by atoms with Crippen LogP contribution in [-0.4, -0.2) is 0 Å². The molecule has 106 valence electrons. The second-order valence-corrected chi connectivity index (χ2v) is 6.45. The molecule has 1 nitrogen and oxygen atoms in total. The minimum absolute atomic E-state index is 0.166. The molecule has 0 spiro atoms. The second-order valence-electron chi connectivity index (χ2n) is 5.16. The Morgan fingerprint density at radius 1 is 0.952 bits per heavy atom. The van der Waals surface area contributed by atoms with E-state index in [1.807, 2.05) is 37.3 Å². The third kappa shape index (κ3) is 2.71. The van der Waals surface area contributed by atoms with Crippen molar-refractivity contribution in [3.63, 3.8) is 0 Å². The fourth-order valence-electron chi connectivity index (χ4n) is 2.71. The summed E-state index contributed by atoms with van der Waals surface area (Å²) in [6.07, 6.45) is 0. The molecule has 0 saturated heterocycles. The Morgan fingerprint density at radius 2 is 1.62 bits per heavy atom. The molecule has 0 heterocycles. The van der Waals surface area contributed by atoms with Gasteiger partial charge in [-0.15, -0.1) is 0 Å². The van der Waals surface area contributed by atoms with Crippen LogP contribution in [-0.2, 0) is 0 Å². The molecule has 0 aliphatic carbocycles. The van der Waals surface area contributed by atoms with Crippen LogP contribution in [0, 0.1) is 6.92 Å². The lowest BCUT2D eigenvalue weighted by Gasteiger charge is -2.18. The number of fused-ring (bicyclic) bond motifs is 1. The summed E-state index contributed by atoms with van der Waals surface area (Å²) >= 11 is 9.64. The molecule has 0 amide bonds. The molecule has 0 aliphatic rings. The summed E-state index contributed by atoms with van der Waals surface area (Å²) in [7, 11) is 0. The van der Waals surface area contributed by atoms with Crippen LogP contribution in [0.1, 0.15) is 22.7 Å². The zero-order valence-electron chi connectivity index (χ0n) is 11.6. The fraction of sp³-hybridized carbons (Fsp3) is 0.111. The first-order valence-electron chi connectivity index (χ1n) is 6.76. The Kier molecular flexibility index (Phi) is 4.03. The Balaban J connectivity index is 2.18. The summed E-state index contributed by atoms with van der Waals surface area (Å²) in [5, 5.41) is 3.09. The van der Waals surface area contributed by atoms with Crippen LogP contribution in [0.15, 0.2) is 59.1 Å². The third-order valence-corrected chi connectivity index (χ3v) is 4.73. The van der Waals surface area contributed by atoms with Crippen LogP contribution >= 0.6 is 27.5 Å². The Hall–Kier alpha value is -1.35. The van der Waals surface area contributed by atoms with Crippen molar-refractivity contribution in [2.24, 2.45) is 5.73 Å². The second kappa shape index (κ2) is 5.80. The monoisotopic (exact) mass is 359 g/mol. The van der Waals surface area contributed by atoms with Gasteiger partial charge in [0.25, 0.3) is 0 Å². The van der Waals surface area contributed by atoms with Crippen LogP contribution in [0.2, 0.25) is 5.02 Å². The molecule has 21 heavy (non-hydrogen) atoms. The summed E-state index contributed by atoms with van der Waals surface area (Å²) in [5.41, 5.74) is 9.87. The van der Waals surface area contributed by atoms with E-state index in [1.165, 1.54) is 10.8 Å². The average Bonchev–Trinajstić information content (AvgIpc) is 2.47. The van der Waals surface area contributed by atoms with Crippen molar-refractivity contribution < 1.29 is 0 Å². The molecule has 3 heteroatoms. The van der Waals surface area contributed by atoms with Gasteiger partial charge in [0.1, 0.15) is 0 Å². The SMILES string of the molecule is Cc1cc(Cl)ccc1C(N)c1ccc(Br)c2ccccc12. The van der Waals surface area contributed by atoms with Crippen molar-refractivity contribution in [1.29, 1.82) is 0 Å². The van der Waals surface area contributed by atoms with Gasteiger partial charge in [-0.25, -0.2) is 0 Å². The summed E-state index contributed by atoms with van der Waals surface area (Å²) < 4.78 is 1.09. The van der Waals surface area contributed by atoms with Crippen LogP contribution in [0.4, 0.5) is 0 Å². The predicted molar refractivity (Wildman–Crippen MR) is 93.9 cm³/mol. The number of hydrogen-bond donors (Lipinski definition) is 1. The van der Waals surface area contributed by atoms with E-state index in [0.717, 1.165) is 26.2 Å². The maximum Gasteiger partial charge on any atom is 0.0560 e. The lowest BCUT2D eigenvalue weighted by atomic mass is 9.92. The molecule has 3 aromatic rings. The van der Waals surface area contributed by atoms with Crippen LogP contribution in [0.25, 0.3) is 10.8 Å². The van der Waals surface area contributed by atoms with Crippen molar-refractivity contribution in [1.82, 2.24) is 0 Å². The molecular formula is C18H15BrClN. The number of hydrogen-bond acceptors (Lipinski definition) is 1. The van der Waals surface area contributed by atoms with Gasteiger partial charge in [-0.05, 0) is 52.6 Å². The van der Waals surface area contributed by atoms with E-state index in [1.54, 1.807) is 0 Å². The maximum atomic E-state index is 6.52. The lowest BCUT2D eigenvalue weighted by Crippen LogP contribution is -2.13. The van der Waals surface area contributed by atoms with Crippen molar-refractivity contribution in [2.75, 3.05) is 0 Å². The van der Waals surface area contributed by atoms with Gasteiger partial charge < -0.3 is 5.73 Å². The minimum Gasteiger partial charge on any atom is -0.320 e. The van der Waals surface area contributed by atoms with Gasteiger partial charge in [0.05, 0.1) is 6.04 Å². The first kappa shape index (κ1) is 14.6. The maximum absolute atomic E-state index is 6.52. The molecule has 1 atom stereocenters. The van der Waals surface area contributed by atoms with Crippen LogP contribution < -0.4 is 5.73 Å². The van der Waals surface area contributed by atoms with E-state index < -0.39 is 0 Å². The highest BCUT2D eigenvalue weighted by molar-refractivity contribution is 9.10. The van der Waals surface area contributed by atoms with Crippen molar-refractivity contribution in [2.45, 2.75) is 13.0 Å².